The summed E-state index contributed by atoms with van der Waals surface area (Å²) in [5.74, 6) is -0.550. The predicted molar refractivity (Wildman–Crippen MR) is 115 cm³/mol. The summed E-state index contributed by atoms with van der Waals surface area (Å²) in [4.78, 5) is 8.11. The first-order valence-electron chi connectivity index (χ1n) is 10.5. The SMILES string of the molecule is Fc1cc(F)cc(-n2ncc3c2CCCC3NCc2ccc(Oc3ncccn3)cc2)c1. The molecule has 32 heavy (non-hydrogen) atoms. The van der Waals surface area contributed by atoms with Gasteiger partial charge in [-0.2, -0.15) is 5.10 Å². The minimum Gasteiger partial charge on any atom is -0.424 e. The maximum absolute atomic E-state index is 13.7. The molecule has 2 aromatic carbocycles. The summed E-state index contributed by atoms with van der Waals surface area (Å²) < 4.78 is 34.6. The number of nitrogens with zero attached hydrogens (tertiary/aromatic N) is 4. The van der Waals surface area contributed by atoms with E-state index in [0.717, 1.165) is 42.1 Å². The Kier molecular flexibility index (Phi) is 5.60. The molecule has 1 unspecified atom stereocenters. The van der Waals surface area contributed by atoms with Crippen LogP contribution in [0.3, 0.4) is 0 Å². The van der Waals surface area contributed by atoms with Gasteiger partial charge in [0.05, 0.1) is 11.9 Å². The number of hydrogen-bond acceptors (Lipinski definition) is 5. The first kappa shape index (κ1) is 20.3. The number of halogens is 2. The van der Waals surface area contributed by atoms with Crippen molar-refractivity contribution in [2.75, 3.05) is 0 Å². The molecular weight excluding hydrogens is 412 g/mol. The van der Waals surface area contributed by atoms with Gasteiger partial charge in [-0.25, -0.2) is 23.4 Å². The molecule has 0 saturated heterocycles. The van der Waals surface area contributed by atoms with Crippen LogP contribution in [0.15, 0.2) is 67.1 Å². The molecule has 4 aromatic rings. The molecule has 5 rings (SSSR count). The summed E-state index contributed by atoms with van der Waals surface area (Å²) in [5, 5.41) is 8.01. The second-order valence-corrected chi connectivity index (χ2v) is 7.69. The van der Waals surface area contributed by atoms with Crippen molar-refractivity contribution >= 4 is 0 Å². The smallest absolute Gasteiger partial charge is 0.321 e. The van der Waals surface area contributed by atoms with Gasteiger partial charge in [-0.3, -0.25) is 0 Å². The van der Waals surface area contributed by atoms with Crippen molar-refractivity contribution in [1.29, 1.82) is 0 Å². The fourth-order valence-electron chi connectivity index (χ4n) is 4.01. The molecule has 1 N–H and O–H groups in total. The number of ether oxygens (including phenoxy) is 1. The van der Waals surface area contributed by atoms with Crippen LogP contribution in [-0.2, 0) is 13.0 Å². The average Bonchev–Trinajstić information content (AvgIpc) is 3.24. The lowest BCUT2D eigenvalue weighted by molar-refractivity contribution is 0.440. The molecule has 2 aromatic heterocycles. The van der Waals surface area contributed by atoms with Crippen molar-refractivity contribution in [3.05, 3.63) is 95.6 Å². The van der Waals surface area contributed by atoms with Crippen molar-refractivity contribution < 1.29 is 13.5 Å². The van der Waals surface area contributed by atoms with E-state index in [9.17, 15) is 8.78 Å². The molecule has 0 saturated carbocycles. The molecule has 8 heteroatoms. The highest BCUT2D eigenvalue weighted by atomic mass is 19.1. The molecule has 6 nitrogen and oxygen atoms in total. The number of nitrogens with one attached hydrogen (secondary N) is 1. The Bertz CT molecular complexity index is 1190. The Morgan fingerprint density at radius 2 is 1.78 bits per heavy atom. The molecule has 1 aliphatic rings. The van der Waals surface area contributed by atoms with E-state index in [-0.39, 0.29) is 6.04 Å². The minimum absolute atomic E-state index is 0.125. The zero-order chi connectivity index (χ0) is 21.9. The number of aromatic nitrogens is 4. The van der Waals surface area contributed by atoms with Crippen LogP contribution in [0.4, 0.5) is 8.78 Å². The molecule has 1 aliphatic carbocycles. The van der Waals surface area contributed by atoms with Gasteiger partial charge >= 0.3 is 6.01 Å². The molecule has 0 fully saturated rings. The number of fused-ring (bicyclic) bond motifs is 1. The standard InChI is InChI=1S/C24H21F2N5O/c25-17-11-18(26)13-19(12-17)31-23-4-1-3-22(21(23)15-30-31)29-14-16-5-7-20(8-6-16)32-24-27-9-2-10-28-24/h2,5-13,15,22,29H,1,3-4,14H2. The Morgan fingerprint density at radius 3 is 2.53 bits per heavy atom. The van der Waals surface area contributed by atoms with E-state index in [1.54, 1.807) is 29.3 Å². The van der Waals surface area contributed by atoms with Crippen LogP contribution in [-0.4, -0.2) is 19.7 Å². The molecule has 2 heterocycles. The lowest BCUT2D eigenvalue weighted by atomic mass is 9.92. The summed E-state index contributed by atoms with van der Waals surface area (Å²) in [6.45, 7) is 0.673. The first-order valence-corrected chi connectivity index (χ1v) is 10.5. The molecule has 0 amide bonds. The Morgan fingerprint density at radius 1 is 1.03 bits per heavy atom. The Balaban J connectivity index is 1.27. The lowest BCUT2D eigenvalue weighted by Gasteiger charge is -2.24. The molecule has 0 radical (unpaired) electrons. The average molecular weight is 433 g/mol. The normalized spacial score (nSPS) is 15.4. The van der Waals surface area contributed by atoms with Gasteiger partial charge in [-0.05, 0) is 55.2 Å². The van der Waals surface area contributed by atoms with E-state index >= 15 is 0 Å². The zero-order valence-corrected chi connectivity index (χ0v) is 17.2. The second-order valence-electron chi connectivity index (χ2n) is 7.69. The molecule has 0 spiro atoms. The van der Waals surface area contributed by atoms with Gasteiger partial charge in [0, 0.05) is 42.3 Å². The Labute approximate surface area is 183 Å². The van der Waals surface area contributed by atoms with Gasteiger partial charge in [0.1, 0.15) is 17.4 Å². The molecule has 0 aliphatic heterocycles. The minimum atomic E-state index is -0.610. The quantitative estimate of drug-likeness (QED) is 0.469. The third kappa shape index (κ3) is 4.36. The van der Waals surface area contributed by atoms with E-state index in [1.807, 2.05) is 24.3 Å². The second kappa shape index (κ2) is 8.84. The van der Waals surface area contributed by atoms with Crippen molar-refractivity contribution in [3.8, 4) is 17.4 Å². The highest BCUT2D eigenvalue weighted by molar-refractivity contribution is 5.38. The summed E-state index contributed by atoms with van der Waals surface area (Å²) in [6, 6.07) is 13.4. The van der Waals surface area contributed by atoms with Crippen LogP contribution in [0.1, 0.15) is 35.7 Å². The van der Waals surface area contributed by atoms with Gasteiger partial charge in [-0.15, -0.1) is 0 Å². The topological polar surface area (TPSA) is 64.9 Å². The van der Waals surface area contributed by atoms with Crippen LogP contribution < -0.4 is 10.1 Å². The fraction of sp³-hybridized carbons (Fsp3) is 0.208. The maximum Gasteiger partial charge on any atom is 0.321 e. The molecular formula is C24H21F2N5O. The van der Waals surface area contributed by atoms with Crippen LogP contribution in [0, 0.1) is 11.6 Å². The maximum atomic E-state index is 13.7. The van der Waals surface area contributed by atoms with Gasteiger partial charge in [0.25, 0.3) is 0 Å². The summed E-state index contributed by atoms with van der Waals surface area (Å²) in [7, 11) is 0. The van der Waals surface area contributed by atoms with Crippen molar-refractivity contribution in [3.63, 3.8) is 0 Å². The fourth-order valence-corrected chi connectivity index (χ4v) is 4.01. The van der Waals surface area contributed by atoms with Crippen LogP contribution in [0.2, 0.25) is 0 Å². The first-order chi connectivity index (χ1) is 15.7. The van der Waals surface area contributed by atoms with Crippen molar-refractivity contribution in [1.82, 2.24) is 25.1 Å². The summed E-state index contributed by atoms with van der Waals surface area (Å²) in [6.07, 6.45) is 7.82. The van der Waals surface area contributed by atoms with Crippen LogP contribution >= 0.6 is 0 Å². The lowest BCUT2D eigenvalue weighted by Crippen LogP contribution is -2.25. The number of rotatable bonds is 6. The third-order valence-corrected chi connectivity index (χ3v) is 5.50. The Hall–Kier alpha value is -3.65. The summed E-state index contributed by atoms with van der Waals surface area (Å²) >= 11 is 0. The number of benzene rings is 2. The van der Waals surface area contributed by atoms with E-state index in [0.29, 0.717) is 24.0 Å². The van der Waals surface area contributed by atoms with Crippen LogP contribution in [0.25, 0.3) is 5.69 Å². The molecule has 162 valence electrons. The molecule has 0 bridgehead atoms. The van der Waals surface area contributed by atoms with E-state index in [4.69, 9.17) is 4.74 Å². The highest BCUT2D eigenvalue weighted by Crippen LogP contribution is 2.31. The summed E-state index contributed by atoms with van der Waals surface area (Å²) in [5.41, 5.74) is 3.58. The highest BCUT2D eigenvalue weighted by Gasteiger charge is 2.24. The van der Waals surface area contributed by atoms with E-state index < -0.39 is 11.6 Å². The molecule has 1 atom stereocenters. The zero-order valence-electron chi connectivity index (χ0n) is 17.2. The monoisotopic (exact) mass is 433 g/mol. The van der Waals surface area contributed by atoms with Gasteiger partial charge in [0.2, 0.25) is 0 Å². The van der Waals surface area contributed by atoms with Crippen LogP contribution in [0.5, 0.6) is 11.8 Å². The predicted octanol–water partition coefficient (Wildman–Crippen LogP) is 4.90. The number of hydrogen-bond donors (Lipinski definition) is 1. The largest absolute Gasteiger partial charge is 0.424 e. The van der Waals surface area contributed by atoms with Gasteiger partial charge < -0.3 is 10.1 Å². The van der Waals surface area contributed by atoms with E-state index in [1.165, 1.54) is 12.1 Å². The van der Waals surface area contributed by atoms with Crippen molar-refractivity contribution in [2.24, 2.45) is 0 Å². The van der Waals surface area contributed by atoms with E-state index in [2.05, 4.69) is 20.4 Å². The van der Waals surface area contributed by atoms with Gasteiger partial charge in [-0.1, -0.05) is 12.1 Å². The van der Waals surface area contributed by atoms with Gasteiger partial charge in [0.15, 0.2) is 0 Å². The van der Waals surface area contributed by atoms with Crippen molar-refractivity contribution in [2.45, 2.75) is 31.8 Å². The third-order valence-electron chi connectivity index (χ3n) is 5.50.